The van der Waals surface area contributed by atoms with Gasteiger partial charge >= 0.3 is 0 Å². The molecular formula is C13H14ClFN2O. The van der Waals surface area contributed by atoms with E-state index in [0.29, 0.717) is 22.8 Å². The maximum absolute atomic E-state index is 13.7. The average molecular weight is 269 g/mol. The van der Waals surface area contributed by atoms with Crippen molar-refractivity contribution in [3.63, 3.8) is 0 Å². The van der Waals surface area contributed by atoms with E-state index in [2.05, 4.69) is 5.43 Å². The molecule has 0 fully saturated rings. The van der Waals surface area contributed by atoms with Crippen LogP contribution in [0.5, 0.6) is 0 Å². The van der Waals surface area contributed by atoms with Crippen LogP contribution >= 0.6 is 11.6 Å². The standard InChI is InChI=1S/C13H14ClFN2O/c1-8-4-5-18-13(8)12(17-16)7-9-6-10(14)2-3-11(9)15/h2-6,12,17H,7,16H2,1H3. The molecule has 0 bridgehead atoms. The molecule has 1 atom stereocenters. The monoisotopic (exact) mass is 268 g/mol. The minimum Gasteiger partial charge on any atom is -0.467 e. The normalized spacial score (nSPS) is 12.7. The van der Waals surface area contributed by atoms with Gasteiger partial charge in [0.1, 0.15) is 11.6 Å². The molecule has 0 aliphatic heterocycles. The Morgan fingerprint density at radius 1 is 1.44 bits per heavy atom. The van der Waals surface area contributed by atoms with Crippen LogP contribution in [0, 0.1) is 12.7 Å². The zero-order chi connectivity index (χ0) is 13.1. The first-order valence-corrected chi connectivity index (χ1v) is 5.93. The van der Waals surface area contributed by atoms with Gasteiger partial charge in [0, 0.05) is 5.02 Å². The van der Waals surface area contributed by atoms with Gasteiger partial charge < -0.3 is 4.42 Å². The van der Waals surface area contributed by atoms with Crippen molar-refractivity contribution in [2.24, 2.45) is 5.84 Å². The molecule has 3 nitrogen and oxygen atoms in total. The fourth-order valence-corrected chi connectivity index (χ4v) is 2.08. The molecule has 0 aliphatic rings. The lowest BCUT2D eigenvalue weighted by atomic mass is 10.0. The first kappa shape index (κ1) is 13.1. The lowest BCUT2D eigenvalue weighted by molar-refractivity contribution is 0.409. The third-order valence-corrected chi connectivity index (χ3v) is 3.09. The lowest BCUT2D eigenvalue weighted by Crippen LogP contribution is -2.30. The van der Waals surface area contributed by atoms with Crippen LogP contribution < -0.4 is 11.3 Å². The number of halogens is 2. The summed E-state index contributed by atoms with van der Waals surface area (Å²) in [5.41, 5.74) is 4.11. The van der Waals surface area contributed by atoms with Crippen LogP contribution in [-0.2, 0) is 6.42 Å². The molecule has 0 radical (unpaired) electrons. The van der Waals surface area contributed by atoms with Gasteiger partial charge in [-0.15, -0.1) is 0 Å². The Bertz CT molecular complexity index is 542. The number of nitrogens with one attached hydrogen (secondary N) is 1. The van der Waals surface area contributed by atoms with E-state index in [0.717, 1.165) is 5.56 Å². The van der Waals surface area contributed by atoms with Crippen LogP contribution in [0.2, 0.25) is 5.02 Å². The van der Waals surface area contributed by atoms with E-state index in [1.807, 2.05) is 13.0 Å². The fraction of sp³-hybridized carbons (Fsp3) is 0.231. The molecule has 3 N–H and O–H groups in total. The van der Waals surface area contributed by atoms with Gasteiger partial charge in [0.05, 0.1) is 12.3 Å². The van der Waals surface area contributed by atoms with Crippen molar-refractivity contribution < 1.29 is 8.81 Å². The summed E-state index contributed by atoms with van der Waals surface area (Å²) in [5, 5.41) is 0.498. The van der Waals surface area contributed by atoms with Gasteiger partial charge in [0.25, 0.3) is 0 Å². The Kier molecular flexibility index (Phi) is 4.01. The quantitative estimate of drug-likeness (QED) is 0.662. The van der Waals surface area contributed by atoms with E-state index >= 15 is 0 Å². The molecule has 0 amide bonds. The molecule has 0 spiro atoms. The summed E-state index contributed by atoms with van der Waals surface area (Å²) in [6, 6.07) is 6.02. The van der Waals surface area contributed by atoms with E-state index in [1.165, 1.54) is 12.1 Å². The zero-order valence-electron chi connectivity index (χ0n) is 9.91. The van der Waals surface area contributed by atoms with Crippen LogP contribution in [0.4, 0.5) is 4.39 Å². The molecule has 0 saturated carbocycles. The smallest absolute Gasteiger partial charge is 0.126 e. The number of hydrogen-bond donors (Lipinski definition) is 2. The van der Waals surface area contributed by atoms with Crippen molar-refractivity contribution in [2.75, 3.05) is 0 Å². The number of aryl methyl sites for hydroxylation is 1. The number of hydrazine groups is 1. The second-order valence-electron chi connectivity index (χ2n) is 4.13. The van der Waals surface area contributed by atoms with Gasteiger partial charge in [-0.3, -0.25) is 5.84 Å². The number of nitrogens with two attached hydrogens (primary N) is 1. The molecule has 1 unspecified atom stereocenters. The third-order valence-electron chi connectivity index (χ3n) is 2.85. The minimum atomic E-state index is -0.302. The van der Waals surface area contributed by atoms with Gasteiger partial charge in [-0.25, -0.2) is 9.82 Å². The van der Waals surface area contributed by atoms with Crippen LogP contribution in [-0.4, -0.2) is 0 Å². The highest BCUT2D eigenvalue weighted by Crippen LogP contribution is 2.24. The number of benzene rings is 1. The number of rotatable bonds is 4. The SMILES string of the molecule is Cc1ccoc1C(Cc1cc(Cl)ccc1F)NN. The maximum atomic E-state index is 13.7. The van der Waals surface area contributed by atoms with Crippen LogP contribution in [0.25, 0.3) is 0 Å². The molecular weight excluding hydrogens is 255 g/mol. The highest BCUT2D eigenvalue weighted by atomic mass is 35.5. The van der Waals surface area contributed by atoms with Gasteiger partial charge in [-0.05, 0) is 48.7 Å². The topological polar surface area (TPSA) is 51.2 Å². The molecule has 18 heavy (non-hydrogen) atoms. The Hall–Kier alpha value is -1.36. The van der Waals surface area contributed by atoms with Gasteiger partial charge in [-0.2, -0.15) is 0 Å². The molecule has 96 valence electrons. The molecule has 5 heteroatoms. The second kappa shape index (κ2) is 5.52. The van der Waals surface area contributed by atoms with Crippen molar-refractivity contribution in [3.05, 3.63) is 58.3 Å². The Labute approximate surface area is 110 Å². The van der Waals surface area contributed by atoms with Gasteiger partial charge in [0.2, 0.25) is 0 Å². The van der Waals surface area contributed by atoms with Crippen LogP contribution in [0.3, 0.4) is 0 Å². The average Bonchev–Trinajstić information content (AvgIpc) is 2.77. The number of furan rings is 1. The lowest BCUT2D eigenvalue weighted by Gasteiger charge is -2.15. The van der Waals surface area contributed by atoms with Crippen molar-refractivity contribution in [2.45, 2.75) is 19.4 Å². The fourth-order valence-electron chi connectivity index (χ4n) is 1.89. The summed E-state index contributed by atoms with van der Waals surface area (Å²) in [7, 11) is 0. The first-order chi connectivity index (χ1) is 8.61. The van der Waals surface area contributed by atoms with Gasteiger partial charge in [0.15, 0.2) is 0 Å². The van der Waals surface area contributed by atoms with Crippen LogP contribution in [0.1, 0.15) is 22.9 Å². The summed E-state index contributed by atoms with van der Waals surface area (Å²) in [5.74, 6) is 5.91. The minimum absolute atomic E-state index is 0.284. The predicted molar refractivity (Wildman–Crippen MR) is 68.6 cm³/mol. The molecule has 0 saturated heterocycles. The summed E-state index contributed by atoms with van der Waals surface area (Å²) < 4.78 is 19.0. The Balaban J connectivity index is 2.26. The summed E-state index contributed by atoms with van der Waals surface area (Å²) in [6.45, 7) is 1.91. The summed E-state index contributed by atoms with van der Waals surface area (Å²) >= 11 is 5.86. The molecule has 1 heterocycles. The summed E-state index contributed by atoms with van der Waals surface area (Å²) in [6.07, 6.45) is 1.96. The Morgan fingerprint density at radius 3 is 2.83 bits per heavy atom. The second-order valence-corrected chi connectivity index (χ2v) is 4.56. The van der Waals surface area contributed by atoms with Crippen molar-refractivity contribution in [1.82, 2.24) is 5.43 Å². The van der Waals surface area contributed by atoms with Gasteiger partial charge in [-0.1, -0.05) is 11.6 Å². The highest BCUT2D eigenvalue weighted by Gasteiger charge is 2.18. The maximum Gasteiger partial charge on any atom is 0.126 e. The third kappa shape index (κ3) is 2.72. The Morgan fingerprint density at radius 2 is 2.22 bits per heavy atom. The van der Waals surface area contributed by atoms with E-state index < -0.39 is 0 Å². The first-order valence-electron chi connectivity index (χ1n) is 5.56. The zero-order valence-corrected chi connectivity index (χ0v) is 10.7. The van der Waals surface area contributed by atoms with E-state index in [9.17, 15) is 4.39 Å². The predicted octanol–water partition coefficient (Wildman–Crippen LogP) is 3.13. The van der Waals surface area contributed by atoms with Crippen molar-refractivity contribution >= 4 is 11.6 Å². The van der Waals surface area contributed by atoms with E-state index in [-0.39, 0.29) is 11.9 Å². The molecule has 1 aromatic carbocycles. The molecule has 0 aliphatic carbocycles. The summed E-state index contributed by atoms with van der Waals surface area (Å²) in [4.78, 5) is 0. The molecule has 2 rings (SSSR count). The molecule has 1 aromatic heterocycles. The van der Waals surface area contributed by atoms with E-state index in [1.54, 1.807) is 12.3 Å². The molecule has 2 aromatic rings. The number of hydrogen-bond acceptors (Lipinski definition) is 3. The van der Waals surface area contributed by atoms with Crippen LogP contribution in [0.15, 0.2) is 34.9 Å². The van der Waals surface area contributed by atoms with E-state index in [4.69, 9.17) is 21.9 Å². The largest absolute Gasteiger partial charge is 0.467 e. The van der Waals surface area contributed by atoms with Crippen molar-refractivity contribution in [3.8, 4) is 0 Å². The highest BCUT2D eigenvalue weighted by molar-refractivity contribution is 6.30. The van der Waals surface area contributed by atoms with Crippen molar-refractivity contribution in [1.29, 1.82) is 0 Å².